The quantitative estimate of drug-likeness (QED) is 0.592. The molecule has 0 aliphatic rings. The number of rotatable bonds is 5. The topological polar surface area (TPSA) is 58.0 Å². The lowest BCUT2D eigenvalue weighted by Crippen LogP contribution is -2.05. The van der Waals surface area contributed by atoms with Gasteiger partial charge in [-0.2, -0.15) is 0 Å². The highest BCUT2D eigenvalue weighted by Gasteiger charge is 2.09. The molecule has 0 aliphatic carbocycles. The highest BCUT2D eigenvalue weighted by Crippen LogP contribution is 2.21. The minimum absolute atomic E-state index is 0.0958. The average molecular weight is 231 g/mol. The Hall–Kier alpha value is -0.880. The van der Waals surface area contributed by atoms with Gasteiger partial charge in [0, 0.05) is 19.4 Å². The van der Waals surface area contributed by atoms with E-state index in [4.69, 9.17) is 5.11 Å². The van der Waals surface area contributed by atoms with Gasteiger partial charge in [-0.05, 0) is 5.92 Å². The van der Waals surface area contributed by atoms with Crippen LogP contribution in [0.1, 0.15) is 6.92 Å². The van der Waals surface area contributed by atoms with Gasteiger partial charge in [0.1, 0.15) is 5.03 Å². The average Bonchev–Trinajstić information content (AvgIpc) is 2.27. The Morgan fingerprint density at radius 2 is 2.40 bits per heavy atom. The van der Waals surface area contributed by atoms with Crippen molar-refractivity contribution in [3.05, 3.63) is 12.0 Å². The Morgan fingerprint density at radius 1 is 1.67 bits per heavy atom. The van der Waals surface area contributed by atoms with Crippen LogP contribution in [-0.4, -0.2) is 34.5 Å². The van der Waals surface area contributed by atoms with Gasteiger partial charge in [0.2, 0.25) is 5.95 Å². The lowest BCUT2D eigenvalue weighted by molar-refractivity contribution is 0.250. The molecule has 0 saturated heterocycles. The van der Waals surface area contributed by atoms with E-state index in [1.165, 1.54) is 11.8 Å². The molecule has 0 radical (unpaired) electrons. The second-order valence-electron chi connectivity index (χ2n) is 3.20. The van der Waals surface area contributed by atoms with Crippen LogP contribution in [0.3, 0.4) is 0 Å². The molecule has 0 aromatic carbocycles. The molecule has 1 aromatic heterocycles. The summed E-state index contributed by atoms with van der Waals surface area (Å²) in [7, 11) is 1.68. The van der Waals surface area contributed by atoms with E-state index in [1.807, 2.05) is 6.92 Å². The summed E-state index contributed by atoms with van der Waals surface area (Å²) in [4.78, 5) is 7.73. The summed E-state index contributed by atoms with van der Waals surface area (Å²) in [6.45, 7) is 1.99. The minimum atomic E-state index is -0.427. The molecule has 1 rings (SSSR count). The van der Waals surface area contributed by atoms with Crippen LogP contribution in [0.4, 0.5) is 10.3 Å². The van der Waals surface area contributed by atoms with Crippen LogP contribution in [0.2, 0.25) is 0 Å². The van der Waals surface area contributed by atoms with Crippen molar-refractivity contribution >= 4 is 17.7 Å². The van der Waals surface area contributed by atoms with Gasteiger partial charge in [-0.15, -0.1) is 11.8 Å². The summed E-state index contributed by atoms with van der Waals surface area (Å²) in [6.07, 6.45) is 1.14. The summed E-state index contributed by atoms with van der Waals surface area (Å²) in [5.74, 6) is 0.732. The van der Waals surface area contributed by atoms with Crippen molar-refractivity contribution in [2.24, 2.45) is 5.92 Å². The Balaban J connectivity index is 2.66. The van der Waals surface area contributed by atoms with Gasteiger partial charge in [-0.1, -0.05) is 6.92 Å². The van der Waals surface area contributed by atoms with Gasteiger partial charge in [0.15, 0.2) is 5.82 Å². The van der Waals surface area contributed by atoms with Crippen molar-refractivity contribution in [1.82, 2.24) is 9.97 Å². The van der Waals surface area contributed by atoms with Crippen LogP contribution in [0, 0.1) is 11.7 Å². The third-order valence-corrected chi connectivity index (χ3v) is 3.05. The molecule has 0 aliphatic heterocycles. The smallest absolute Gasteiger partial charge is 0.223 e. The van der Waals surface area contributed by atoms with E-state index in [1.54, 1.807) is 7.05 Å². The Kier molecular flexibility index (Phi) is 4.77. The van der Waals surface area contributed by atoms with Gasteiger partial charge in [0.05, 0.1) is 6.20 Å². The molecule has 1 aromatic rings. The first-order valence-electron chi connectivity index (χ1n) is 4.61. The zero-order chi connectivity index (χ0) is 11.3. The number of anilines is 1. The molecule has 0 fully saturated rings. The number of nitrogens with zero attached hydrogens (tertiary/aromatic N) is 2. The zero-order valence-electron chi connectivity index (χ0n) is 8.70. The van der Waals surface area contributed by atoms with E-state index in [-0.39, 0.29) is 12.5 Å². The molecule has 84 valence electrons. The number of nitrogens with one attached hydrogen (secondary N) is 1. The van der Waals surface area contributed by atoms with E-state index in [0.29, 0.717) is 16.7 Å². The van der Waals surface area contributed by atoms with Crippen LogP contribution in [-0.2, 0) is 0 Å². The van der Waals surface area contributed by atoms with Crippen molar-refractivity contribution in [3.8, 4) is 0 Å². The SMILES string of the molecule is CNc1ncc(F)c(SCC(C)CO)n1. The zero-order valence-corrected chi connectivity index (χ0v) is 9.51. The van der Waals surface area contributed by atoms with E-state index >= 15 is 0 Å². The fourth-order valence-electron chi connectivity index (χ4n) is 0.847. The van der Waals surface area contributed by atoms with E-state index in [2.05, 4.69) is 15.3 Å². The van der Waals surface area contributed by atoms with Gasteiger partial charge in [-0.25, -0.2) is 14.4 Å². The molecular weight excluding hydrogens is 217 g/mol. The molecule has 4 nitrogen and oxygen atoms in total. The normalized spacial score (nSPS) is 12.5. The lowest BCUT2D eigenvalue weighted by atomic mass is 10.2. The minimum Gasteiger partial charge on any atom is -0.396 e. The van der Waals surface area contributed by atoms with E-state index < -0.39 is 5.82 Å². The number of halogens is 1. The monoisotopic (exact) mass is 231 g/mol. The molecule has 0 spiro atoms. The third-order valence-electron chi connectivity index (χ3n) is 1.75. The van der Waals surface area contributed by atoms with Crippen molar-refractivity contribution in [3.63, 3.8) is 0 Å². The first kappa shape index (κ1) is 12.2. The van der Waals surface area contributed by atoms with Crippen LogP contribution in [0.5, 0.6) is 0 Å². The second-order valence-corrected chi connectivity index (χ2v) is 4.20. The van der Waals surface area contributed by atoms with Crippen LogP contribution in [0.15, 0.2) is 11.2 Å². The number of hydrogen-bond acceptors (Lipinski definition) is 5. The summed E-state index contributed by atoms with van der Waals surface area (Å²) in [5.41, 5.74) is 0. The molecule has 1 atom stereocenters. The van der Waals surface area contributed by atoms with E-state index in [0.717, 1.165) is 6.20 Å². The predicted molar refractivity (Wildman–Crippen MR) is 58.5 cm³/mol. The van der Waals surface area contributed by atoms with E-state index in [9.17, 15) is 4.39 Å². The summed E-state index contributed by atoms with van der Waals surface area (Å²) < 4.78 is 13.2. The molecule has 1 heterocycles. The largest absolute Gasteiger partial charge is 0.396 e. The Morgan fingerprint density at radius 3 is 3.00 bits per heavy atom. The van der Waals surface area contributed by atoms with Gasteiger partial charge in [-0.3, -0.25) is 0 Å². The molecule has 15 heavy (non-hydrogen) atoms. The second kappa shape index (κ2) is 5.87. The molecule has 6 heteroatoms. The fraction of sp³-hybridized carbons (Fsp3) is 0.556. The van der Waals surface area contributed by atoms with Crippen molar-refractivity contribution in [1.29, 1.82) is 0 Å². The third kappa shape index (κ3) is 3.64. The summed E-state index contributed by atoms with van der Waals surface area (Å²) >= 11 is 1.28. The van der Waals surface area contributed by atoms with Gasteiger partial charge in [0.25, 0.3) is 0 Å². The number of aromatic nitrogens is 2. The highest BCUT2D eigenvalue weighted by molar-refractivity contribution is 7.99. The van der Waals surface area contributed by atoms with Gasteiger partial charge >= 0.3 is 0 Å². The molecular formula is C9H14FN3OS. The molecule has 0 bridgehead atoms. The number of aliphatic hydroxyl groups is 1. The Bertz CT molecular complexity index is 324. The van der Waals surface area contributed by atoms with Crippen molar-refractivity contribution in [2.75, 3.05) is 24.7 Å². The maximum Gasteiger partial charge on any atom is 0.223 e. The molecule has 0 saturated carbocycles. The van der Waals surface area contributed by atoms with Crippen LogP contribution in [0.25, 0.3) is 0 Å². The maximum absolute atomic E-state index is 13.2. The fourth-order valence-corrected chi connectivity index (χ4v) is 1.74. The Labute approximate surface area is 92.3 Å². The lowest BCUT2D eigenvalue weighted by Gasteiger charge is -2.07. The first-order chi connectivity index (χ1) is 7.17. The standard InChI is InChI=1S/C9H14FN3OS/c1-6(4-14)5-15-8-7(10)3-12-9(11-2)13-8/h3,6,14H,4-5H2,1-2H3,(H,11,12,13). The number of thioether (sulfide) groups is 1. The molecule has 0 amide bonds. The summed E-state index contributed by atoms with van der Waals surface area (Å²) in [5, 5.41) is 11.9. The summed E-state index contributed by atoms with van der Waals surface area (Å²) in [6, 6.07) is 0. The van der Waals surface area contributed by atoms with Crippen LogP contribution < -0.4 is 5.32 Å². The highest BCUT2D eigenvalue weighted by atomic mass is 32.2. The van der Waals surface area contributed by atoms with Crippen molar-refractivity contribution < 1.29 is 9.50 Å². The number of aliphatic hydroxyl groups excluding tert-OH is 1. The predicted octanol–water partition coefficient (Wildman–Crippen LogP) is 1.38. The van der Waals surface area contributed by atoms with Crippen LogP contribution >= 0.6 is 11.8 Å². The number of hydrogen-bond donors (Lipinski definition) is 2. The first-order valence-corrected chi connectivity index (χ1v) is 5.60. The van der Waals surface area contributed by atoms with Gasteiger partial charge < -0.3 is 10.4 Å². The van der Waals surface area contributed by atoms with Crippen molar-refractivity contribution in [2.45, 2.75) is 11.9 Å². The maximum atomic E-state index is 13.2. The molecule has 2 N–H and O–H groups in total. The molecule has 1 unspecified atom stereocenters.